The van der Waals surface area contributed by atoms with Crippen molar-refractivity contribution in [2.75, 3.05) is 13.1 Å². The van der Waals surface area contributed by atoms with E-state index in [4.69, 9.17) is 5.73 Å². The Bertz CT molecular complexity index is 269. The molecule has 0 atom stereocenters. The summed E-state index contributed by atoms with van der Waals surface area (Å²) in [6.07, 6.45) is 4.78. The molecule has 3 nitrogen and oxygen atoms in total. The van der Waals surface area contributed by atoms with Gasteiger partial charge >= 0.3 is 0 Å². The quantitative estimate of drug-likeness (QED) is 0.742. The van der Waals surface area contributed by atoms with Crippen LogP contribution in [-0.2, 0) is 4.79 Å². The number of amides is 1. The maximum Gasteiger partial charge on any atom is 0.230 e. The van der Waals surface area contributed by atoms with Crippen LogP contribution < -0.4 is 5.73 Å². The van der Waals surface area contributed by atoms with E-state index in [1.54, 1.807) is 6.08 Å². The highest BCUT2D eigenvalue weighted by Crippen LogP contribution is 2.42. The number of hydrogen-bond donors (Lipinski definition) is 1. The summed E-state index contributed by atoms with van der Waals surface area (Å²) in [7, 11) is 0. The van der Waals surface area contributed by atoms with E-state index in [1.807, 2.05) is 4.90 Å². The molecule has 0 radical (unpaired) electrons. The number of rotatable bonds is 4. The molecule has 0 spiro atoms. The first-order valence-corrected chi connectivity index (χ1v) is 6.00. The van der Waals surface area contributed by atoms with Gasteiger partial charge in [0, 0.05) is 18.6 Å². The molecule has 0 aromatic heterocycles. The maximum atomic E-state index is 12.5. The first-order chi connectivity index (χ1) is 7.37. The average Bonchev–Trinajstić information content (AvgIpc) is 2.11. The zero-order valence-electron chi connectivity index (χ0n) is 10.8. The number of nitrogens with two attached hydrogens (primary N) is 1. The monoisotopic (exact) mass is 224 g/mol. The third kappa shape index (κ3) is 2.29. The van der Waals surface area contributed by atoms with Crippen molar-refractivity contribution in [1.29, 1.82) is 0 Å². The zero-order chi connectivity index (χ0) is 12.4. The summed E-state index contributed by atoms with van der Waals surface area (Å²) in [6.45, 7) is 11.0. The molecule has 0 aliphatic heterocycles. The molecular formula is C13H24N2O. The van der Waals surface area contributed by atoms with E-state index in [2.05, 4.69) is 27.4 Å². The van der Waals surface area contributed by atoms with E-state index in [-0.39, 0.29) is 16.9 Å². The van der Waals surface area contributed by atoms with Gasteiger partial charge in [-0.05, 0) is 33.6 Å². The lowest BCUT2D eigenvalue weighted by atomic mass is 9.67. The fourth-order valence-corrected chi connectivity index (χ4v) is 2.19. The van der Waals surface area contributed by atoms with Crippen LogP contribution in [0.2, 0.25) is 0 Å². The smallest absolute Gasteiger partial charge is 0.230 e. The van der Waals surface area contributed by atoms with E-state index < -0.39 is 0 Å². The third-order valence-electron chi connectivity index (χ3n) is 3.52. The lowest BCUT2D eigenvalue weighted by Crippen LogP contribution is -2.57. The van der Waals surface area contributed by atoms with Gasteiger partial charge in [0.05, 0.1) is 5.41 Å². The first-order valence-electron chi connectivity index (χ1n) is 6.00. The maximum absolute atomic E-state index is 12.5. The van der Waals surface area contributed by atoms with E-state index in [1.165, 1.54) is 0 Å². The Balaban J connectivity index is 2.86. The highest BCUT2D eigenvalue weighted by molar-refractivity contribution is 5.84. The molecule has 0 saturated heterocycles. The van der Waals surface area contributed by atoms with Gasteiger partial charge in [0.1, 0.15) is 0 Å². The minimum atomic E-state index is -0.281. The van der Waals surface area contributed by atoms with E-state index in [0.29, 0.717) is 13.1 Å². The van der Waals surface area contributed by atoms with Gasteiger partial charge in [0.15, 0.2) is 0 Å². The largest absolute Gasteiger partial charge is 0.334 e. The van der Waals surface area contributed by atoms with Gasteiger partial charge in [-0.2, -0.15) is 0 Å². The standard InChI is InChI=1S/C13H24N2O/c1-5-9-15(12(2,3)4)11(16)13(10-14)7-6-8-13/h5H,1,6-10,14H2,2-4H3. The molecule has 1 aliphatic rings. The fraction of sp³-hybridized carbons (Fsp3) is 0.769. The van der Waals surface area contributed by atoms with Gasteiger partial charge in [-0.3, -0.25) is 4.79 Å². The van der Waals surface area contributed by atoms with Crippen molar-refractivity contribution in [1.82, 2.24) is 4.90 Å². The molecule has 0 aromatic carbocycles. The minimum Gasteiger partial charge on any atom is -0.334 e. The molecule has 16 heavy (non-hydrogen) atoms. The molecule has 2 N–H and O–H groups in total. The Morgan fingerprint density at radius 2 is 2.06 bits per heavy atom. The Kier molecular flexibility index (Phi) is 3.79. The van der Waals surface area contributed by atoms with Gasteiger partial charge in [0.2, 0.25) is 5.91 Å². The number of hydrogen-bond acceptors (Lipinski definition) is 2. The second-order valence-corrected chi connectivity index (χ2v) is 5.71. The van der Waals surface area contributed by atoms with E-state index in [9.17, 15) is 4.79 Å². The predicted octanol–water partition coefficient (Wildman–Crippen LogP) is 1.93. The van der Waals surface area contributed by atoms with Crippen LogP contribution in [0.3, 0.4) is 0 Å². The summed E-state index contributed by atoms with van der Waals surface area (Å²) in [5, 5.41) is 0. The molecule has 1 rings (SSSR count). The molecule has 1 aliphatic carbocycles. The molecule has 1 amide bonds. The molecule has 1 saturated carbocycles. The SMILES string of the molecule is C=CCN(C(=O)C1(CN)CCC1)C(C)(C)C. The molecule has 92 valence electrons. The average molecular weight is 224 g/mol. The van der Waals surface area contributed by atoms with Crippen molar-refractivity contribution in [3.8, 4) is 0 Å². The molecule has 0 bridgehead atoms. The molecule has 0 aromatic rings. The van der Waals surface area contributed by atoms with Crippen LogP contribution in [0.4, 0.5) is 0 Å². The Hall–Kier alpha value is -0.830. The molecular weight excluding hydrogens is 200 g/mol. The van der Waals surface area contributed by atoms with Crippen LogP contribution in [-0.4, -0.2) is 29.4 Å². The summed E-state index contributed by atoms with van der Waals surface area (Å²) < 4.78 is 0. The second-order valence-electron chi connectivity index (χ2n) is 5.71. The molecule has 1 fully saturated rings. The van der Waals surface area contributed by atoms with Crippen LogP contribution in [0.25, 0.3) is 0 Å². The molecule has 0 unspecified atom stereocenters. The normalized spacial score (nSPS) is 18.8. The van der Waals surface area contributed by atoms with Crippen molar-refractivity contribution >= 4 is 5.91 Å². The Morgan fingerprint density at radius 3 is 2.31 bits per heavy atom. The minimum absolute atomic E-state index is 0.164. The fourth-order valence-electron chi connectivity index (χ4n) is 2.19. The first kappa shape index (κ1) is 13.2. The third-order valence-corrected chi connectivity index (χ3v) is 3.52. The van der Waals surface area contributed by atoms with Gasteiger partial charge in [0.25, 0.3) is 0 Å². The van der Waals surface area contributed by atoms with Crippen molar-refractivity contribution in [3.63, 3.8) is 0 Å². The van der Waals surface area contributed by atoms with Crippen LogP contribution in [0, 0.1) is 5.41 Å². The van der Waals surface area contributed by atoms with Crippen molar-refractivity contribution in [2.24, 2.45) is 11.1 Å². The van der Waals surface area contributed by atoms with Gasteiger partial charge in [-0.25, -0.2) is 0 Å². The van der Waals surface area contributed by atoms with Gasteiger partial charge in [-0.1, -0.05) is 12.5 Å². The van der Waals surface area contributed by atoms with Crippen LogP contribution >= 0.6 is 0 Å². The van der Waals surface area contributed by atoms with Gasteiger partial charge < -0.3 is 10.6 Å². The second kappa shape index (κ2) is 4.58. The lowest BCUT2D eigenvalue weighted by molar-refractivity contribution is -0.151. The van der Waals surface area contributed by atoms with Crippen molar-refractivity contribution in [3.05, 3.63) is 12.7 Å². The number of nitrogens with zero attached hydrogens (tertiary/aromatic N) is 1. The molecule has 3 heteroatoms. The van der Waals surface area contributed by atoms with E-state index >= 15 is 0 Å². The Morgan fingerprint density at radius 1 is 1.50 bits per heavy atom. The summed E-state index contributed by atoms with van der Waals surface area (Å²) in [5.74, 6) is 0.202. The summed E-state index contributed by atoms with van der Waals surface area (Å²) in [6, 6.07) is 0. The zero-order valence-corrected chi connectivity index (χ0v) is 10.8. The highest BCUT2D eigenvalue weighted by atomic mass is 16.2. The number of carbonyl (C=O) groups is 1. The van der Waals surface area contributed by atoms with Crippen molar-refractivity contribution < 1.29 is 4.79 Å². The Labute approximate surface area is 98.7 Å². The highest BCUT2D eigenvalue weighted by Gasteiger charge is 2.46. The van der Waals surface area contributed by atoms with E-state index in [0.717, 1.165) is 19.3 Å². The number of carbonyl (C=O) groups excluding carboxylic acids is 1. The summed E-state index contributed by atoms with van der Waals surface area (Å²) in [4.78, 5) is 14.4. The van der Waals surface area contributed by atoms with Crippen molar-refractivity contribution in [2.45, 2.75) is 45.6 Å². The van der Waals surface area contributed by atoms with Crippen LogP contribution in [0.5, 0.6) is 0 Å². The van der Waals surface area contributed by atoms with Gasteiger partial charge in [-0.15, -0.1) is 6.58 Å². The summed E-state index contributed by atoms with van der Waals surface area (Å²) in [5.41, 5.74) is 5.33. The summed E-state index contributed by atoms with van der Waals surface area (Å²) >= 11 is 0. The van der Waals surface area contributed by atoms with Crippen LogP contribution in [0.15, 0.2) is 12.7 Å². The van der Waals surface area contributed by atoms with Crippen LogP contribution in [0.1, 0.15) is 40.0 Å². The topological polar surface area (TPSA) is 46.3 Å². The lowest BCUT2D eigenvalue weighted by Gasteiger charge is -2.46. The molecule has 0 heterocycles. The predicted molar refractivity (Wildman–Crippen MR) is 67.0 cm³/mol.